The van der Waals surface area contributed by atoms with Gasteiger partial charge in [-0.1, -0.05) is 128 Å². The van der Waals surface area contributed by atoms with Crippen LogP contribution in [0.1, 0.15) is 122 Å². The molecule has 0 aromatic heterocycles. The smallest absolute Gasteiger partial charge is 0.469 e. The molecule has 0 saturated heterocycles. The first-order valence-corrected chi connectivity index (χ1v) is 15.0. The van der Waals surface area contributed by atoms with Gasteiger partial charge in [0.25, 0.3) is 0 Å². The first-order chi connectivity index (χ1) is 16.0. The molecule has 0 aliphatic carbocycles. The van der Waals surface area contributed by atoms with Gasteiger partial charge in [-0.05, 0) is 25.0 Å². The summed E-state index contributed by atoms with van der Waals surface area (Å²) in [4.78, 5) is 18.0. The van der Waals surface area contributed by atoms with Crippen molar-refractivity contribution in [1.29, 1.82) is 0 Å². The standard InChI is InChI=1S/C27H49O5P/c1-2-3-4-5-6-7-8-9-10-11-12-13-14-15-16-17-19-24-27(25-31-33(28,29)30)32-26-22-20-18-21-23-26/h18,20-23,27H,2-17,19,24-25H2,1H3,(H2,28,29,30). The largest absolute Gasteiger partial charge is 0.488 e. The molecule has 0 amide bonds. The van der Waals surface area contributed by atoms with Crippen molar-refractivity contribution in [2.75, 3.05) is 6.61 Å². The van der Waals surface area contributed by atoms with Crippen LogP contribution in [0.5, 0.6) is 5.75 Å². The number of phosphoric ester groups is 1. The highest BCUT2D eigenvalue weighted by Gasteiger charge is 2.19. The minimum atomic E-state index is -4.48. The van der Waals surface area contributed by atoms with E-state index in [9.17, 15) is 4.57 Å². The van der Waals surface area contributed by atoms with Crippen LogP contribution in [0.4, 0.5) is 0 Å². The molecule has 1 rings (SSSR count). The SMILES string of the molecule is CCCCCCCCCCCCCCCCCCCC(COP(=O)(O)O)Oc1ccccc1. The minimum Gasteiger partial charge on any atom is -0.488 e. The zero-order chi connectivity index (χ0) is 24.0. The molecule has 0 radical (unpaired) electrons. The molecule has 1 aromatic rings. The Bertz CT molecular complexity index is 589. The van der Waals surface area contributed by atoms with E-state index in [2.05, 4.69) is 11.4 Å². The Balaban J connectivity index is 1.97. The maximum atomic E-state index is 11.0. The highest BCUT2D eigenvalue weighted by Crippen LogP contribution is 2.36. The van der Waals surface area contributed by atoms with Crippen LogP contribution in [-0.2, 0) is 9.09 Å². The third-order valence-corrected chi connectivity index (χ3v) is 6.59. The summed E-state index contributed by atoms with van der Waals surface area (Å²) >= 11 is 0. The summed E-state index contributed by atoms with van der Waals surface area (Å²) in [5.74, 6) is 0.698. The lowest BCUT2D eigenvalue weighted by molar-refractivity contribution is 0.0941. The van der Waals surface area contributed by atoms with Crippen molar-refractivity contribution >= 4 is 7.82 Å². The van der Waals surface area contributed by atoms with E-state index in [-0.39, 0.29) is 12.7 Å². The highest BCUT2D eigenvalue weighted by atomic mass is 31.2. The lowest BCUT2D eigenvalue weighted by atomic mass is 10.0. The summed E-state index contributed by atoms with van der Waals surface area (Å²) in [5, 5.41) is 0. The van der Waals surface area contributed by atoms with Crippen molar-refractivity contribution in [2.24, 2.45) is 0 Å². The molecule has 0 heterocycles. The fourth-order valence-electron chi connectivity index (χ4n) is 4.14. The third-order valence-electron chi connectivity index (χ3n) is 6.10. The van der Waals surface area contributed by atoms with Gasteiger partial charge in [0.2, 0.25) is 0 Å². The summed E-state index contributed by atoms with van der Waals surface area (Å²) < 4.78 is 21.6. The number of hydrogen-bond donors (Lipinski definition) is 2. The molecular weight excluding hydrogens is 435 g/mol. The second-order valence-electron chi connectivity index (χ2n) is 9.28. The van der Waals surface area contributed by atoms with Crippen LogP contribution in [-0.4, -0.2) is 22.5 Å². The fraction of sp³-hybridized carbons (Fsp3) is 0.778. The van der Waals surface area contributed by atoms with E-state index in [0.717, 1.165) is 19.3 Å². The molecule has 192 valence electrons. The number of rotatable bonds is 23. The van der Waals surface area contributed by atoms with Gasteiger partial charge in [0.15, 0.2) is 0 Å². The van der Waals surface area contributed by atoms with Gasteiger partial charge in [0.05, 0.1) is 6.61 Å². The van der Waals surface area contributed by atoms with Gasteiger partial charge in [-0.25, -0.2) is 4.57 Å². The number of ether oxygens (including phenoxy) is 1. The summed E-state index contributed by atoms with van der Waals surface area (Å²) in [6.07, 6.45) is 23.0. The molecule has 0 bridgehead atoms. The molecule has 6 heteroatoms. The Morgan fingerprint density at radius 2 is 1.12 bits per heavy atom. The lowest BCUT2D eigenvalue weighted by Gasteiger charge is -2.19. The van der Waals surface area contributed by atoms with E-state index in [1.807, 2.05) is 30.3 Å². The number of hydrogen-bond acceptors (Lipinski definition) is 3. The lowest BCUT2D eigenvalue weighted by Crippen LogP contribution is -2.22. The molecule has 0 aliphatic heterocycles. The molecule has 33 heavy (non-hydrogen) atoms. The van der Waals surface area contributed by atoms with Gasteiger partial charge >= 0.3 is 7.82 Å². The molecule has 1 aromatic carbocycles. The maximum Gasteiger partial charge on any atom is 0.469 e. The Morgan fingerprint density at radius 1 is 0.697 bits per heavy atom. The van der Waals surface area contributed by atoms with Crippen LogP contribution in [0.3, 0.4) is 0 Å². The molecule has 0 aliphatic rings. The van der Waals surface area contributed by atoms with Gasteiger partial charge in [-0.15, -0.1) is 0 Å². The van der Waals surface area contributed by atoms with Gasteiger partial charge in [0, 0.05) is 0 Å². The summed E-state index contributed by atoms with van der Waals surface area (Å²) in [5.41, 5.74) is 0. The molecule has 1 unspecified atom stereocenters. The van der Waals surface area contributed by atoms with Gasteiger partial charge in [-0.3, -0.25) is 4.52 Å². The predicted octanol–water partition coefficient (Wildman–Crippen LogP) is 8.59. The van der Waals surface area contributed by atoms with Crippen molar-refractivity contribution in [3.8, 4) is 5.75 Å². The molecule has 1 atom stereocenters. The third kappa shape index (κ3) is 20.2. The molecule has 0 fully saturated rings. The van der Waals surface area contributed by atoms with Crippen LogP contribution in [0.2, 0.25) is 0 Å². The van der Waals surface area contributed by atoms with Crippen LogP contribution in [0.15, 0.2) is 30.3 Å². The second-order valence-corrected chi connectivity index (χ2v) is 10.5. The van der Waals surface area contributed by atoms with Gasteiger partial charge in [0.1, 0.15) is 11.9 Å². The average molecular weight is 485 g/mol. The van der Waals surface area contributed by atoms with E-state index in [1.54, 1.807) is 0 Å². The highest BCUT2D eigenvalue weighted by molar-refractivity contribution is 7.46. The van der Waals surface area contributed by atoms with Crippen molar-refractivity contribution in [3.63, 3.8) is 0 Å². The molecule has 0 spiro atoms. The summed E-state index contributed by atoms with van der Waals surface area (Å²) in [7, 11) is -4.48. The molecule has 0 saturated carbocycles. The Kier molecular flexibility index (Phi) is 18.7. The molecule has 2 N–H and O–H groups in total. The van der Waals surface area contributed by atoms with E-state index in [4.69, 9.17) is 14.5 Å². The fourth-order valence-corrected chi connectivity index (χ4v) is 4.51. The number of phosphoric acid groups is 1. The van der Waals surface area contributed by atoms with E-state index < -0.39 is 7.82 Å². The second kappa shape index (κ2) is 20.5. The van der Waals surface area contributed by atoms with Crippen molar-refractivity contribution < 1.29 is 23.6 Å². The van der Waals surface area contributed by atoms with Crippen LogP contribution in [0.25, 0.3) is 0 Å². The Labute approximate surface area is 202 Å². The summed E-state index contributed by atoms with van der Waals surface area (Å²) in [6.45, 7) is 2.17. The zero-order valence-electron chi connectivity index (χ0n) is 21.0. The van der Waals surface area contributed by atoms with Crippen LogP contribution in [0, 0.1) is 0 Å². The Morgan fingerprint density at radius 3 is 1.55 bits per heavy atom. The predicted molar refractivity (Wildman–Crippen MR) is 138 cm³/mol. The van der Waals surface area contributed by atoms with E-state index in [1.165, 1.54) is 96.3 Å². The maximum absolute atomic E-state index is 11.0. The van der Waals surface area contributed by atoms with Crippen molar-refractivity contribution in [1.82, 2.24) is 0 Å². The van der Waals surface area contributed by atoms with Crippen LogP contribution >= 0.6 is 7.82 Å². The minimum absolute atomic E-state index is 0.0992. The first-order valence-electron chi connectivity index (χ1n) is 13.4. The van der Waals surface area contributed by atoms with Crippen molar-refractivity contribution in [3.05, 3.63) is 30.3 Å². The first kappa shape index (κ1) is 30.2. The number of para-hydroxylation sites is 1. The van der Waals surface area contributed by atoms with Gasteiger partial charge < -0.3 is 14.5 Å². The van der Waals surface area contributed by atoms with Crippen molar-refractivity contribution in [2.45, 2.75) is 129 Å². The van der Waals surface area contributed by atoms with E-state index >= 15 is 0 Å². The van der Waals surface area contributed by atoms with Crippen LogP contribution < -0.4 is 4.74 Å². The number of unbranched alkanes of at least 4 members (excludes halogenated alkanes) is 16. The normalized spacial score (nSPS) is 12.7. The molecular formula is C27H49O5P. The average Bonchev–Trinajstić information content (AvgIpc) is 2.79. The monoisotopic (exact) mass is 484 g/mol. The molecule has 5 nitrogen and oxygen atoms in total. The topological polar surface area (TPSA) is 76.0 Å². The summed E-state index contributed by atoms with van der Waals surface area (Å²) in [6, 6.07) is 9.36. The Hall–Kier alpha value is -0.870. The quantitative estimate of drug-likeness (QED) is 0.120. The van der Waals surface area contributed by atoms with Gasteiger partial charge in [-0.2, -0.15) is 0 Å². The zero-order valence-corrected chi connectivity index (χ0v) is 21.9. The number of benzene rings is 1. The van der Waals surface area contributed by atoms with E-state index in [0.29, 0.717) is 5.75 Å².